The van der Waals surface area contributed by atoms with Crippen molar-refractivity contribution >= 4 is 23.1 Å². The first-order valence-electron chi connectivity index (χ1n) is 9.00. The molecule has 0 N–H and O–H groups in total. The summed E-state index contributed by atoms with van der Waals surface area (Å²) < 4.78 is 2.00. The van der Waals surface area contributed by atoms with E-state index in [4.69, 9.17) is 0 Å². The van der Waals surface area contributed by atoms with E-state index in [1.165, 1.54) is 22.3 Å². The minimum absolute atomic E-state index is 0.957. The summed E-state index contributed by atoms with van der Waals surface area (Å²) in [7, 11) is 0. The summed E-state index contributed by atoms with van der Waals surface area (Å²) in [5, 5.41) is 0. The largest absolute Gasteiger partial charge is 0.324 e. The van der Waals surface area contributed by atoms with Crippen molar-refractivity contribution in [2.45, 2.75) is 0 Å². The van der Waals surface area contributed by atoms with E-state index in [2.05, 4.69) is 89.9 Å². The molecule has 0 fully saturated rings. The standard InChI is InChI=1S/C25H17N2/c1-2-6-19(7-3-1)20-10-12-21(13-11-20)22-14-16-23(17-15-22)27-18-26-24-8-4-5-9-25(24)27/h1-17H/q+1. The highest BCUT2D eigenvalue weighted by Crippen LogP contribution is 2.33. The minimum Gasteiger partial charge on any atom is -0.146 e. The molecule has 0 saturated carbocycles. The predicted molar refractivity (Wildman–Crippen MR) is 112 cm³/mol. The molecule has 0 unspecified atom stereocenters. The van der Waals surface area contributed by atoms with Crippen LogP contribution in [0, 0.1) is 0 Å². The van der Waals surface area contributed by atoms with Crippen LogP contribution in [0.25, 0.3) is 22.3 Å². The van der Waals surface area contributed by atoms with Crippen LogP contribution in [0.5, 0.6) is 0 Å². The molecule has 4 aromatic rings. The number of hydrogen-bond donors (Lipinski definition) is 0. The lowest BCUT2D eigenvalue weighted by Crippen LogP contribution is -1.98. The van der Waals surface area contributed by atoms with Gasteiger partial charge in [-0.2, -0.15) is 0 Å². The number of aliphatic imine (C=N–C) groups is 1. The lowest BCUT2D eigenvalue weighted by atomic mass is 10.0. The summed E-state index contributed by atoms with van der Waals surface area (Å²) >= 11 is 0. The molecule has 0 atom stereocenters. The molecule has 5 rings (SSSR count). The summed E-state index contributed by atoms with van der Waals surface area (Å²) in [6.45, 7) is 0. The summed E-state index contributed by atoms with van der Waals surface area (Å²) in [6, 6.07) is 38.9. The Kier molecular flexibility index (Phi) is 3.75. The first-order valence-corrected chi connectivity index (χ1v) is 9.00. The molecular formula is C25H17N2+. The third-order valence-electron chi connectivity index (χ3n) is 4.84. The molecule has 0 amide bonds. The third-order valence-corrected chi connectivity index (χ3v) is 4.84. The second-order valence-corrected chi connectivity index (χ2v) is 6.53. The van der Waals surface area contributed by atoms with E-state index >= 15 is 0 Å². The van der Waals surface area contributed by atoms with Crippen LogP contribution in [-0.2, 0) is 0 Å². The van der Waals surface area contributed by atoms with Gasteiger partial charge in [-0.3, -0.25) is 0 Å². The van der Waals surface area contributed by atoms with Crippen LogP contribution in [0.15, 0.2) is 108 Å². The maximum absolute atomic E-state index is 4.35. The monoisotopic (exact) mass is 345 g/mol. The molecule has 0 spiro atoms. The zero-order valence-electron chi connectivity index (χ0n) is 14.7. The Bertz CT molecular complexity index is 1170. The van der Waals surface area contributed by atoms with Crippen molar-refractivity contribution in [3.8, 4) is 22.3 Å². The van der Waals surface area contributed by atoms with Crippen LogP contribution < -0.4 is 4.58 Å². The Hall–Kier alpha value is -3.74. The second kappa shape index (κ2) is 6.53. The van der Waals surface area contributed by atoms with Gasteiger partial charge in [-0.15, -0.1) is 4.58 Å². The van der Waals surface area contributed by atoms with Crippen molar-refractivity contribution < 1.29 is 0 Å². The minimum atomic E-state index is 0.957. The van der Waals surface area contributed by atoms with Gasteiger partial charge in [0.1, 0.15) is 5.69 Å². The van der Waals surface area contributed by atoms with Crippen molar-refractivity contribution in [2.24, 2.45) is 4.99 Å². The highest BCUT2D eigenvalue weighted by Gasteiger charge is 2.21. The third kappa shape index (κ3) is 2.89. The molecule has 0 aliphatic carbocycles. The molecular weight excluding hydrogens is 328 g/mol. The molecule has 1 heterocycles. The van der Waals surface area contributed by atoms with Gasteiger partial charge in [0.25, 0.3) is 0 Å². The van der Waals surface area contributed by atoms with Crippen molar-refractivity contribution in [1.29, 1.82) is 0 Å². The van der Waals surface area contributed by atoms with E-state index in [1.54, 1.807) is 0 Å². The number of benzene rings is 4. The molecule has 4 aromatic carbocycles. The Morgan fingerprint density at radius 2 is 1.04 bits per heavy atom. The summed E-state index contributed by atoms with van der Waals surface area (Å²) in [5.74, 6) is 0. The van der Waals surface area contributed by atoms with Gasteiger partial charge in [0, 0.05) is 4.99 Å². The van der Waals surface area contributed by atoms with Gasteiger partial charge in [-0.05, 0) is 46.5 Å². The maximum Gasteiger partial charge on any atom is 0.324 e. The lowest BCUT2D eigenvalue weighted by Gasteiger charge is -2.06. The fourth-order valence-corrected chi connectivity index (χ4v) is 3.39. The van der Waals surface area contributed by atoms with Gasteiger partial charge in [0.2, 0.25) is 5.69 Å². The van der Waals surface area contributed by atoms with Crippen molar-refractivity contribution in [3.63, 3.8) is 0 Å². The van der Waals surface area contributed by atoms with Crippen LogP contribution in [0.1, 0.15) is 0 Å². The van der Waals surface area contributed by atoms with Crippen molar-refractivity contribution in [2.75, 3.05) is 0 Å². The first-order chi connectivity index (χ1) is 13.4. The van der Waals surface area contributed by atoms with Gasteiger partial charge in [0.15, 0.2) is 5.69 Å². The average molecular weight is 345 g/mol. The first kappa shape index (κ1) is 15.5. The van der Waals surface area contributed by atoms with Gasteiger partial charge < -0.3 is 0 Å². The molecule has 0 aromatic heterocycles. The van der Waals surface area contributed by atoms with Crippen LogP contribution in [-0.4, -0.2) is 6.01 Å². The Morgan fingerprint density at radius 3 is 1.70 bits per heavy atom. The topological polar surface area (TPSA) is 15.4 Å². The average Bonchev–Trinajstić information content (AvgIpc) is 3.19. The van der Waals surface area contributed by atoms with E-state index in [-0.39, 0.29) is 0 Å². The van der Waals surface area contributed by atoms with Gasteiger partial charge in [-0.1, -0.05) is 78.9 Å². The number of para-hydroxylation sites is 2. The maximum atomic E-state index is 4.35. The van der Waals surface area contributed by atoms with Crippen LogP contribution in [0.4, 0.5) is 17.1 Å². The zero-order valence-corrected chi connectivity index (χ0v) is 14.7. The summed E-state index contributed by atoms with van der Waals surface area (Å²) in [4.78, 5) is 4.35. The van der Waals surface area contributed by atoms with Gasteiger partial charge in [0.05, 0.1) is 0 Å². The van der Waals surface area contributed by atoms with Crippen molar-refractivity contribution in [1.82, 2.24) is 4.58 Å². The van der Waals surface area contributed by atoms with E-state index in [0.717, 1.165) is 17.1 Å². The number of nitrogens with zero attached hydrogens (tertiary/aromatic N) is 2. The molecule has 0 radical (unpaired) electrons. The van der Waals surface area contributed by atoms with Crippen LogP contribution >= 0.6 is 0 Å². The molecule has 1 aliphatic heterocycles. The molecule has 27 heavy (non-hydrogen) atoms. The Morgan fingerprint density at radius 1 is 0.519 bits per heavy atom. The molecule has 126 valence electrons. The fourth-order valence-electron chi connectivity index (χ4n) is 3.39. The van der Waals surface area contributed by atoms with Crippen LogP contribution in [0.3, 0.4) is 0 Å². The van der Waals surface area contributed by atoms with E-state index in [0.29, 0.717) is 0 Å². The number of fused-ring (bicyclic) bond motifs is 1. The zero-order chi connectivity index (χ0) is 18.1. The highest BCUT2D eigenvalue weighted by molar-refractivity contribution is 5.81. The number of rotatable bonds is 3. The predicted octanol–water partition coefficient (Wildman–Crippen LogP) is 6.67. The molecule has 2 nitrogen and oxygen atoms in total. The second-order valence-electron chi connectivity index (χ2n) is 6.53. The van der Waals surface area contributed by atoms with Gasteiger partial charge >= 0.3 is 6.01 Å². The highest BCUT2D eigenvalue weighted by atomic mass is 15.1. The Labute approximate surface area is 158 Å². The van der Waals surface area contributed by atoms with Crippen molar-refractivity contribution in [3.05, 3.63) is 103 Å². The summed E-state index contributed by atoms with van der Waals surface area (Å²) in [6.07, 6.45) is 0. The molecule has 1 aliphatic rings. The van der Waals surface area contributed by atoms with E-state index in [1.807, 2.05) is 28.8 Å². The van der Waals surface area contributed by atoms with E-state index < -0.39 is 0 Å². The van der Waals surface area contributed by atoms with Gasteiger partial charge in [-0.25, -0.2) is 0 Å². The quantitative estimate of drug-likeness (QED) is 0.324. The lowest BCUT2D eigenvalue weighted by molar-refractivity contribution is 1.12. The molecule has 2 heteroatoms. The molecule has 0 saturated heterocycles. The molecule has 0 bridgehead atoms. The smallest absolute Gasteiger partial charge is 0.146 e. The summed E-state index contributed by atoms with van der Waals surface area (Å²) in [5.41, 5.74) is 7.96. The Balaban J connectivity index is 1.42. The SMILES string of the molecule is C1=Nc2ccccc2[N+]=1c1ccc(-c2ccc(-c3ccccc3)cc2)cc1. The fraction of sp³-hybridized carbons (Fsp3) is 0. The van der Waals surface area contributed by atoms with E-state index in [9.17, 15) is 0 Å². The number of hydrogen-bond acceptors (Lipinski definition) is 1. The van der Waals surface area contributed by atoms with Crippen LogP contribution in [0.2, 0.25) is 0 Å². The normalized spacial score (nSPS) is 11.9.